The summed E-state index contributed by atoms with van der Waals surface area (Å²) in [5, 5.41) is 1.13. The Bertz CT molecular complexity index is 156. The molecule has 0 aromatic carbocycles. The summed E-state index contributed by atoms with van der Waals surface area (Å²) in [7, 11) is 0. The second-order valence-corrected chi connectivity index (χ2v) is 5.34. The predicted octanol–water partition coefficient (Wildman–Crippen LogP) is 4.00. The maximum Gasteiger partial charge on any atom is 0.0471 e. The summed E-state index contributed by atoms with van der Waals surface area (Å²) in [5.41, 5.74) is 0.492. The standard InChI is InChI=1S/C12H23BrO/c1-3-4-8-14-9-7-12(2,10-13)11-5-6-11/h11H,3-10H2,1-2H3. The molecule has 1 unspecified atom stereocenters. The van der Waals surface area contributed by atoms with Crippen molar-refractivity contribution in [2.45, 2.75) is 46.0 Å². The molecule has 0 aromatic rings. The Morgan fingerprint density at radius 1 is 1.36 bits per heavy atom. The predicted molar refractivity (Wildman–Crippen MR) is 65.0 cm³/mol. The largest absolute Gasteiger partial charge is 0.381 e. The third-order valence-corrected chi connectivity index (χ3v) is 4.61. The molecule has 0 amide bonds. The van der Waals surface area contributed by atoms with Gasteiger partial charge in [-0.2, -0.15) is 0 Å². The van der Waals surface area contributed by atoms with Gasteiger partial charge < -0.3 is 4.74 Å². The fourth-order valence-electron chi connectivity index (χ4n) is 1.81. The molecule has 1 nitrogen and oxygen atoms in total. The fraction of sp³-hybridized carbons (Fsp3) is 1.00. The minimum Gasteiger partial charge on any atom is -0.381 e. The van der Waals surface area contributed by atoms with Gasteiger partial charge in [0.25, 0.3) is 0 Å². The Kier molecular flexibility index (Phi) is 5.47. The fourth-order valence-corrected chi connectivity index (χ4v) is 2.55. The maximum atomic E-state index is 5.63. The van der Waals surface area contributed by atoms with Crippen molar-refractivity contribution in [1.82, 2.24) is 0 Å². The zero-order valence-corrected chi connectivity index (χ0v) is 11.1. The average Bonchev–Trinajstić information content (AvgIpc) is 3.01. The minimum absolute atomic E-state index is 0.492. The van der Waals surface area contributed by atoms with Crippen LogP contribution in [0.2, 0.25) is 0 Å². The molecule has 1 atom stereocenters. The monoisotopic (exact) mass is 262 g/mol. The first kappa shape index (κ1) is 12.5. The van der Waals surface area contributed by atoms with E-state index in [0.29, 0.717) is 5.41 Å². The van der Waals surface area contributed by atoms with Crippen LogP contribution in [0.15, 0.2) is 0 Å². The van der Waals surface area contributed by atoms with E-state index in [4.69, 9.17) is 4.74 Å². The summed E-state index contributed by atoms with van der Waals surface area (Å²) in [6.07, 6.45) is 6.51. The van der Waals surface area contributed by atoms with Gasteiger partial charge in [0, 0.05) is 18.5 Å². The molecule has 0 radical (unpaired) electrons. The lowest BCUT2D eigenvalue weighted by atomic mass is 9.84. The van der Waals surface area contributed by atoms with Crippen LogP contribution in [-0.2, 0) is 4.74 Å². The normalized spacial score (nSPS) is 20.8. The van der Waals surface area contributed by atoms with E-state index < -0.39 is 0 Å². The molecule has 0 aliphatic heterocycles. The van der Waals surface area contributed by atoms with Gasteiger partial charge in [0.15, 0.2) is 0 Å². The van der Waals surface area contributed by atoms with Crippen molar-refractivity contribution in [1.29, 1.82) is 0 Å². The highest BCUT2D eigenvalue weighted by molar-refractivity contribution is 9.09. The molecule has 1 fully saturated rings. The van der Waals surface area contributed by atoms with Gasteiger partial charge in [0.2, 0.25) is 0 Å². The van der Waals surface area contributed by atoms with E-state index >= 15 is 0 Å². The molecule has 0 spiro atoms. The molecule has 1 rings (SSSR count). The number of alkyl halides is 1. The van der Waals surface area contributed by atoms with Crippen molar-refractivity contribution >= 4 is 15.9 Å². The quantitative estimate of drug-likeness (QED) is 0.475. The number of hydrogen-bond donors (Lipinski definition) is 0. The van der Waals surface area contributed by atoms with Crippen molar-refractivity contribution in [3.63, 3.8) is 0 Å². The molecule has 0 heterocycles. The summed E-state index contributed by atoms with van der Waals surface area (Å²) < 4.78 is 5.63. The van der Waals surface area contributed by atoms with Crippen molar-refractivity contribution in [3.05, 3.63) is 0 Å². The maximum absolute atomic E-state index is 5.63. The highest BCUT2D eigenvalue weighted by Crippen LogP contribution is 2.48. The first-order valence-corrected chi connectivity index (χ1v) is 6.99. The first-order valence-electron chi connectivity index (χ1n) is 5.86. The molecule has 1 saturated carbocycles. The van der Waals surface area contributed by atoms with Crippen LogP contribution in [0.4, 0.5) is 0 Å². The summed E-state index contributed by atoms with van der Waals surface area (Å²) in [4.78, 5) is 0. The lowest BCUT2D eigenvalue weighted by Crippen LogP contribution is -2.23. The van der Waals surface area contributed by atoms with Gasteiger partial charge in [-0.1, -0.05) is 36.2 Å². The topological polar surface area (TPSA) is 9.23 Å². The molecule has 1 aliphatic carbocycles. The second kappa shape index (κ2) is 6.12. The van der Waals surface area contributed by atoms with Crippen LogP contribution in [0.25, 0.3) is 0 Å². The smallest absolute Gasteiger partial charge is 0.0471 e. The van der Waals surface area contributed by atoms with E-state index in [-0.39, 0.29) is 0 Å². The van der Waals surface area contributed by atoms with Crippen LogP contribution in [0, 0.1) is 11.3 Å². The molecular weight excluding hydrogens is 240 g/mol. The Morgan fingerprint density at radius 3 is 2.57 bits per heavy atom. The van der Waals surface area contributed by atoms with Crippen molar-refractivity contribution in [3.8, 4) is 0 Å². The van der Waals surface area contributed by atoms with Crippen LogP contribution < -0.4 is 0 Å². The third kappa shape index (κ3) is 3.90. The van der Waals surface area contributed by atoms with Gasteiger partial charge in [-0.3, -0.25) is 0 Å². The molecule has 0 N–H and O–H groups in total. The SMILES string of the molecule is CCCCOCCC(C)(CBr)C1CC1. The number of unbranched alkanes of at least 4 members (excludes halogenated alkanes) is 1. The van der Waals surface area contributed by atoms with Crippen LogP contribution in [0.5, 0.6) is 0 Å². The van der Waals surface area contributed by atoms with Gasteiger partial charge in [0.1, 0.15) is 0 Å². The summed E-state index contributed by atoms with van der Waals surface area (Å²) in [6.45, 7) is 6.48. The zero-order chi connectivity index (χ0) is 10.4. The molecular formula is C12H23BrO. The van der Waals surface area contributed by atoms with E-state index in [0.717, 1.165) is 24.5 Å². The summed E-state index contributed by atoms with van der Waals surface area (Å²) >= 11 is 3.64. The van der Waals surface area contributed by atoms with E-state index in [9.17, 15) is 0 Å². The van der Waals surface area contributed by atoms with Crippen LogP contribution in [0.1, 0.15) is 46.0 Å². The molecule has 0 aromatic heterocycles. The zero-order valence-electron chi connectivity index (χ0n) is 9.52. The Morgan fingerprint density at radius 2 is 2.07 bits per heavy atom. The minimum atomic E-state index is 0.492. The lowest BCUT2D eigenvalue weighted by Gasteiger charge is -2.27. The number of halogens is 1. The Hall–Kier alpha value is 0.440. The van der Waals surface area contributed by atoms with E-state index in [1.807, 2.05) is 0 Å². The molecule has 14 heavy (non-hydrogen) atoms. The van der Waals surface area contributed by atoms with Gasteiger partial charge >= 0.3 is 0 Å². The molecule has 0 bridgehead atoms. The van der Waals surface area contributed by atoms with Gasteiger partial charge in [-0.25, -0.2) is 0 Å². The number of ether oxygens (including phenoxy) is 1. The lowest BCUT2D eigenvalue weighted by molar-refractivity contribution is 0.0969. The second-order valence-electron chi connectivity index (χ2n) is 4.78. The molecule has 0 saturated heterocycles. The Balaban J connectivity index is 2.08. The first-order chi connectivity index (χ1) is 6.73. The van der Waals surface area contributed by atoms with Crippen molar-refractivity contribution < 1.29 is 4.74 Å². The van der Waals surface area contributed by atoms with E-state index in [2.05, 4.69) is 29.8 Å². The van der Waals surface area contributed by atoms with Gasteiger partial charge in [-0.15, -0.1) is 0 Å². The molecule has 84 valence electrons. The number of hydrogen-bond acceptors (Lipinski definition) is 1. The third-order valence-electron chi connectivity index (χ3n) is 3.33. The average molecular weight is 263 g/mol. The van der Waals surface area contributed by atoms with Crippen LogP contribution >= 0.6 is 15.9 Å². The van der Waals surface area contributed by atoms with E-state index in [1.165, 1.54) is 32.1 Å². The van der Waals surface area contributed by atoms with Gasteiger partial charge in [-0.05, 0) is 37.0 Å². The highest BCUT2D eigenvalue weighted by Gasteiger charge is 2.40. The number of rotatable bonds is 8. The Labute approximate surface area is 96.7 Å². The van der Waals surface area contributed by atoms with Crippen LogP contribution in [0.3, 0.4) is 0 Å². The summed E-state index contributed by atoms with van der Waals surface area (Å²) in [6, 6.07) is 0. The van der Waals surface area contributed by atoms with Crippen LogP contribution in [-0.4, -0.2) is 18.5 Å². The molecule has 1 aliphatic rings. The summed E-state index contributed by atoms with van der Waals surface area (Å²) in [5.74, 6) is 0.955. The van der Waals surface area contributed by atoms with E-state index in [1.54, 1.807) is 0 Å². The van der Waals surface area contributed by atoms with Gasteiger partial charge in [0.05, 0.1) is 0 Å². The molecule has 2 heteroatoms. The van der Waals surface area contributed by atoms with Crippen molar-refractivity contribution in [2.24, 2.45) is 11.3 Å². The highest BCUT2D eigenvalue weighted by atomic mass is 79.9. The van der Waals surface area contributed by atoms with Crippen molar-refractivity contribution in [2.75, 3.05) is 18.5 Å².